The summed E-state index contributed by atoms with van der Waals surface area (Å²) in [6.45, 7) is 2.97. The number of allylic oxidation sites excluding steroid dienone is 5. The van der Waals surface area contributed by atoms with Crippen molar-refractivity contribution in [1.29, 1.82) is 0 Å². The van der Waals surface area contributed by atoms with Crippen LogP contribution in [0.2, 0.25) is 0 Å². The van der Waals surface area contributed by atoms with Crippen molar-refractivity contribution in [3.8, 4) is 5.75 Å². The molecule has 6 nitrogen and oxygen atoms in total. The molecule has 110 valence electrons. The van der Waals surface area contributed by atoms with Crippen LogP contribution in [-0.4, -0.2) is 33.1 Å². The van der Waals surface area contributed by atoms with Gasteiger partial charge in [-0.1, -0.05) is 12.1 Å². The average molecular weight is 288 g/mol. The normalized spacial score (nSPS) is 12.4. The first kappa shape index (κ1) is 16.2. The minimum Gasteiger partial charge on any atom is -0.508 e. The Balaban J connectivity index is 0.000000677. The Kier molecular flexibility index (Phi) is 6.43. The highest BCUT2D eigenvalue weighted by atomic mass is 16.5. The van der Waals surface area contributed by atoms with Crippen LogP contribution in [0.4, 0.5) is 0 Å². The third kappa shape index (κ3) is 6.22. The van der Waals surface area contributed by atoms with Crippen molar-refractivity contribution in [2.24, 2.45) is 5.16 Å². The fourth-order valence-electron chi connectivity index (χ4n) is 1.56. The lowest BCUT2D eigenvalue weighted by Crippen LogP contribution is -2.12. The molecule has 0 saturated heterocycles. The molecule has 0 spiro atoms. The molecule has 6 heteroatoms. The topological polar surface area (TPSA) is 93.4 Å². The predicted molar refractivity (Wildman–Crippen MR) is 78.1 cm³/mol. The maximum atomic E-state index is 10.9. The number of ketones is 1. The van der Waals surface area contributed by atoms with Crippen LogP contribution in [0.25, 0.3) is 0 Å². The number of oxime groups is 1. The molecule has 0 aromatic heterocycles. The minimum absolute atomic E-state index is 0.0600. The Hall–Kier alpha value is -2.86. The zero-order valence-corrected chi connectivity index (χ0v) is 11.3. The lowest BCUT2D eigenvalue weighted by Gasteiger charge is -2.13. The molecule has 0 radical (unpaired) electrons. The summed E-state index contributed by atoms with van der Waals surface area (Å²) in [4.78, 5) is 10.9. The third-order valence-corrected chi connectivity index (χ3v) is 2.46. The standard InChI is InChI=1S/C14H13NO3.CH3NO/c16-13-5-1-11(2-6-13)9-15(18)10-12-3-7-14(17)8-4-12;1-2-3/h1-9,17-18H,10H2;3H,1H2. The summed E-state index contributed by atoms with van der Waals surface area (Å²) in [6.07, 6.45) is 7.71. The molecular formula is C15H16N2O4. The zero-order valence-electron chi connectivity index (χ0n) is 11.3. The number of hydrogen-bond acceptors (Lipinski definition) is 6. The van der Waals surface area contributed by atoms with Gasteiger partial charge in [0.25, 0.3) is 0 Å². The fourth-order valence-corrected chi connectivity index (χ4v) is 1.56. The van der Waals surface area contributed by atoms with Crippen LogP contribution in [0.15, 0.2) is 65.5 Å². The summed E-state index contributed by atoms with van der Waals surface area (Å²) in [5.41, 5.74) is 1.61. The molecule has 0 heterocycles. The van der Waals surface area contributed by atoms with E-state index in [0.717, 1.165) is 16.2 Å². The average Bonchev–Trinajstić information content (AvgIpc) is 2.45. The predicted octanol–water partition coefficient (Wildman–Crippen LogP) is 2.24. The van der Waals surface area contributed by atoms with Gasteiger partial charge in [0.1, 0.15) is 5.75 Å². The maximum absolute atomic E-state index is 10.9. The van der Waals surface area contributed by atoms with E-state index in [1.54, 1.807) is 36.4 Å². The number of carbonyl (C=O) groups is 1. The number of rotatable bonds is 3. The second kappa shape index (κ2) is 8.34. The fraction of sp³-hybridized carbons (Fsp3) is 0.0667. The molecule has 0 fully saturated rings. The molecule has 21 heavy (non-hydrogen) atoms. The number of phenols is 1. The van der Waals surface area contributed by atoms with Gasteiger partial charge >= 0.3 is 0 Å². The summed E-state index contributed by atoms with van der Waals surface area (Å²) in [5, 5.41) is 29.2. The Morgan fingerprint density at radius 2 is 1.67 bits per heavy atom. The summed E-state index contributed by atoms with van der Waals surface area (Å²) in [5.74, 6) is 0.133. The lowest BCUT2D eigenvalue weighted by atomic mass is 10.1. The van der Waals surface area contributed by atoms with Gasteiger partial charge in [-0.05, 0) is 47.6 Å². The van der Waals surface area contributed by atoms with E-state index in [1.165, 1.54) is 18.4 Å². The molecule has 1 aromatic rings. The lowest BCUT2D eigenvalue weighted by molar-refractivity contribution is -0.110. The molecule has 0 bridgehead atoms. The number of benzene rings is 1. The Bertz CT molecular complexity index is 556. The summed E-state index contributed by atoms with van der Waals surface area (Å²) < 4.78 is 0. The first-order valence-electron chi connectivity index (χ1n) is 6.00. The van der Waals surface area contributed by atoms with Gasteiger partial charge in [-0.2, -0.15) is 0 Å². The van der Waals surface area contributed by atoms with E-state index in [4.69, 9.17) is 10.3 Å². The first-order chi connectivity index (χ1) is 10.0. The third-order valence-electron chi connectivity index (χ3n) is 2.46. The van der Waals surface area contributed by atoms with Crippen molar-refractivity contribution in [3.63, 3.8) is 0 Å². The van der Waals surface area contributed by atoms with Crippen LogP contribution < -0.4 is 0 Å². The van der Waals surface area contributed by atoms with E-state index in [2.05, 4.69) is 11.9 Å². The second-order valence-electron chi connectivity index (χ2n) is 4.10. The molecule has 1 aliphatic carbocycles. The molecule has 0 saturated carbocycles. The van der Waals surface area contributed by atoms with Crippen LogP contribution in [0.3, 0.4) is 0 Å². The molecule has 0 aliphatic heterocycles. The molecular weight excluding hydrogens is 272 g/mol. The second-order valence-corrected chi connectivity index (χ2v) is 4.10. The number of carbonyl (C=O) groups excluding carboxylic acids is 1. The van der Waals surface area contributed by atoms with Gasteiger partial charge in [-0.25, -0.2) is 0 Å². The van der Waals surface area contributed by atoms with Gasteiger partial charge in [0, 0.05) is 12.9 Å². The van der Waals surface area contributed by atoms with Crippen LogP contribution in [0.5, 0.6) is 5.75 Å². The van der Waals surface area contributed by atoms with Crippen molar-refractivity contribution in [1.82, 2.24) is 5.06 Å². The Labute approximate surface area is 122 Å². The number of aromatic hydroxyl groups is 1. The van der Waals surface area contributed by atoms with Crippen LogP contribution in [0, 0.1) is 0 Å². The van der Waals surface area contributed by atoms with E-state index in [9.17, 15) is 10.0 Å². The van der Waals surface area contributed by atoms with E-state index >= 15 is 0 Å². The van der Waals surface area contributed by atoms with Crippen molar-refractivity contribution >= 4 is 12.5 Å². The molecule has 3 N–H and O–H groups in total. The van der Waals surface area contributed by atoms with E-state index in [-0.39, 0.29) is 11.5 Å². The number of phenolic OH excluding ortho intramolecular Hbond substituents is 1. The Morgan fingerprint density at radius 3 is 2.19 bits per heavy atom. The van der Waals surface area contributed by atoms with E-state index in [1.807, 2.05) is 0 Å². The molecule has 0 amide bonds. The molecule has 2 rings (SSSR count). The first-order valence-corrected chi connectivity index (χ1v) is 6.00. The summed E-state index contributed by atoms with van der Waals surface area (Å²) >= 11 is 0. The van der Waals surface area contributed by atoms with Gasteiger partial charge in [0.15, 0.2) is 5.78 Å². The van der Waals surface area contributed by atoms with Crippen LogP contribution in [-0.2, 0) is 11.3 Å². The van der Waals surface area contributed by atoms with E-state index in [0.29, 0.717) is 6.54 Å². The van der Waals surface area contributed by atoms with Gasteiger partial charge in [-0.15, -0.1) is 5.16 Å². The highest BCUT2D eigenvalue weighted by Gasteiger charge is 2.02. The Morgan fingerprint density at radius 1 is 1.14 bits per heavy atom. The zero-order chi connectivity index (χ0) is 15.7. The van der Waals surface area contributed by atoms with Crippen molar-refractivity contribution < 1.29 is 20.3 Å². The van der Waals surface area contributed by atoms with Crippen LogP contribution in [0.1, 0.15) is 5.56 Å². The van der Waals surface area contributed by atoms with Gasteiger partial charge in [0.2, 0.25) is 0 Å². The highest BCUT2D eigenvalue weighted by molar-refractivity contribution is 6.01. The largest absolute Gasteiger partial charge is 0.508 e. The number of hydrogen-bond donors (Lipinski definition) is 3. The summed E-state index contributed by atoms with van der Waals surface area (Å²) in [6, 6.07) is 6.59. The van der Waals surface area contributed by atoms with Gasteiger partial charge in [-0.3, -0.25) is 15.1 Å². The van der Waals surface area contributed by atoms with Crippen molar-refractivity contribution in [2.45, 2.75) is 6.54 Å². The molecule has 1 aromatic carbocycles. The number of nitrogens with zero attached hydrogens (tertiary/aromatic N) is 2. The SMILES string of the molecule is C=NO.O=C1C=CC(=CN(O)Cc2ccc(O)cc2)C=C1. The quantitative estimate of drug-likeness (QED) is 0.450. The minimum atomic E-state index is -0.0600. The van der Waals surface area contributed by atoms with Crippen LogP contribution >= 0.6 is 0 Å². The maximum Gasteiger partial charge on any atom is 0.178 e. The highest BCUT2D eigenvalue weighted by Crippen LogP contribution is 2.12. The van der Waals surface area contributed by atoms with Gasteiger partial charge in [0.05, 0.1) is 6.54 Å². The monoisotopic (exact) mass is 288 g/mol. The smallest absolute Gasteiger partial charge is 0.178 e. The number of hydroxylamine groups is 2. The van der Waals surface area contributed by atoms with Crippen molar-refractivity contribution in [2.75, 3.05) is 0 Å². The summed E-state index contributed by atoms with van der Waals surface area (Å²) in [7, 11) is 0. The van der Waals surface area contributed by atoms with Crippen molar-refractivity contribution in [3.05, 3.63) is 65.9 Å². The van der Waals surface area contributed by atoms with E-state index < -0.39 is 0 Å². The molecule has 1 aliphatic rings. The molecule has 0 unspecified atom stereocenters. The van der Waals surface area contributed by atoms with Gasteiger partial charge < -0.3 is 10.3 Å². The molecule has 0 atom stereocenters.